The highest BCUT2D eigenvalue weighted by molar-refractivity contribution is 6.31. The molecule has 0 saturated carbocycles. The van der Waals surface area contributed by atoms with Crippen molar-refractivity contribution in [2.75, 3.05) is 24.3 Å². The van der Waals surface area contributed by atoms with E-state index in [9.17, 15) is 9.59 Å². The number of anilines is 2. The largest absolute Gasteiger partial charge is 0.378 e. The lowest BCUT2D eigenvalue weighted by Gasteiger charge is -2.42. The van der Waals surface area contributed by atoms with Crippen LogP contribution in [0.2, 0.25) is 5.02 Å². The maximum atomic E-state index is 12.6. The topological polar surface area (TPSA) is 75.4 Å². The van der Waals surface area contributed by atoms with Crippen LogP contribution >= 0.6 is 11.6 Å². The van der Waals surface area contributed by atoms with Crippen molar-refractivity contribution in [1.29, 1.82) is 0 Å². The van der Waals surface area contributed by atoms with Gasteiger partial charge >= 0.3 is 0 Å². The number of carbonyl (C=O) groups excluding carboxylic acids is 2. The van der Waals surface area contributed by atoms with E-state index in [1.54, 1.807) is 12.1 Å². The number of nitrogens with one attached hydrogen (secondary N) is 1. The van der Waals surface area contributed by atoms with Gasteiger partial charge in [-0.25, -0.2) is 0 Å². The van der Waals surface area contributed by atoms with Gasteiger partial charge in [-0.1, -0.05) is 41.9 Å². The van der Waals surface area contributed by atoms with Gasteiger partial charge < -0.3 is 16.0 Å². The molecule has 4 rings (SSSR count). The van der Waals surface area contributed by atoms with E-state index >= 15 is 0 Å². The van der Waals surface area contributed by atoms with Crippen molar-refractivity contribution >= 4 is 35.2 Å². The Morgan fingerprint density at radius 3 is 2.47 bits per heavy atom. The number of hydrogen-bond acceptors (Lipinski definition) is 4. The molecule has 2 unspecified atom stereocenters. The van der Waals surface area contributed by atoms with Crippen LogP contribution in [0.3, 0.4) is 0 Å². The van der Waals surface area contributed by atoms with E-state index in [0.717, 1.165) is 34.2 Å². The van der Waals surface area contributed by atoms with Crippen LogP contribution in [0.5, 0.6) is 0 Å². The summed E-state index contributed by atoms with van der Waals surface area (Å²) in [4.78, 5) is 26.4. The van der Waals surface area contributed by atoms with Crippen molar-refractivity contribution in [3.63, 3.8) is 0 Å². The molecular formula is C26H26ClN3O2. The first-order chi connectivity index (χ1) is 15.2. The Balaban J connectivity index is 1.78. The molecule has 0 saturated heterocycles. The van der Waals surface area contributed by atoms with Crippen LogP contribution in [-0.4, -0.2) is 26.3 Å². The third-order valence-corrected chi connectivity index (χ3v) is 6.54. The van der Waals surface area contributed by atoms with Crippen molar-refractivity contribution in [3.05, 3.63) is 82.4 Å². The van der Waals surface area contributed by atoms with E-state index in [2.05, 4.69) is 40.5 Å². The minimum atomic E-state index is -0.898. The molecular weight excluding hydrogens is 422 g/mol. The van der Waals surface area contributed by atoms with Gasteiger partial charge in [-0.3, -0.25) is 9.59 Å². The van der Waals surface area contributed by atoms with Gasteiger partial charge in [-0.2, -0.15) is 0 Å². The SMILES string of the molecule is CN(C)c1ccc(-c2cccc(C3Nc4c(C=O)cc(Cl)cc4CC3(C)C(N)=O)c2)cc1. The summed E-state index contributed by atoms with van der Waals surface area (Å²) >= 11 is 6.20. The monoisotopic (exact) mass is 447 g/mol. The third kappa shape index (κ3) is 3.84. The van der Waals surface area contributed by atoms with Crippen molar-refractivity contribution in [2.24, 2.45) is 11.1 Å². The molecule has 1 aliphatic rings. The fraction of sp³-hybridized carbons (Fsp3) is 0.231. The molecule has 5 nitrogen and oxygen atoms in total. The second kappa shape index (κ2) is 8.32. The third-order valence-electron chi connectivity index (χ3n) is 6.33. The summed E-state index contributed by atoms with van der Waals surface area (Å²) in [5.74, 6) is -0.408. The molecule has 0 bridgehead atoms. The zero-order chi connectivity index (χ0) is 23.0. The van der Waals surface area contributed by atoms with Crippen LogP contribution in [0.1, 0.15) is 34.5 Å². The van der Waals surface area contributed by atoms with Gasteiger partial charge in [0, 0.05) is 36.1 Å². The predicted molar refractivity (Wildman–Crippen MR) is 130 cm³/mol. The van der Waals surface area contributed by atoms with Crippen LogP contribution in [0.15, 0.2) is 60.7 Å². The van der Waals surface area contributed by atoms with Gasteiger partial charge in [0.2, 0.25) is 5.91 Å². The average molecular weight is 448 g/mol. The summed E-state index contributed by atoms with van der Waals surface area (Å²) in [6.07, 6.45) is 1.17. The van der Waals surface area contributed by atoms with Crippen LogP contribution in [-0.2, 0) is 11.2 Å². The Hall–Kier alpha value is -3.31. The minimum Gasteiger partial charge on any atom is -0.378 e. The number of halogens is 1. The van der Waals surface area contributed by atoms with Crippen LogP contribution in [0.25, 0.3) is 11.1 Å². The molecule has 1 heterocycles. The van der Waals surface area contributed by atoms with E-state index in [4.69, 9.17) is 17.3 Å². The lowest BCUT2D eigenvalue weighted by atomic mass is 9.70. The maximum absolute atomic E-state index is 12.6. The lowest BCUT2D eigenvalue weighted by molar-refractivity contribution is -0.127. The summed E-state index contributed by atoms with van der Waals surface area (Å²) in [6, 6.07) is 19.4. The summed E-state index contributed by atoms with van der Waals surface area (Å²) in [5, 5.41) is 3.90. The minimum absolute atomic E-state index is 0.387. The molecule has 6 heteroatoms. The molecule has 0 aromatic heterocycles. The molecule has 3 N–H and O–H groups in total. The first kappa shape index (κ1) is 21.9. The highest BCUT2D eigenvalue weighted by Gasteiger charge is 2.45. The molecule has 32 heavy (non-hydrogen) atoms. The maximum Gasteiger partial charge on any atom is 0.226 e. The molecule has 0 aliphatic carbocycles. The highest BCUT2D eigenvalue weighted by atomic mass is 35.5. The normalized spacial score (nSPS) is 19.6. The summed E-state index contributed by atoms with van der Waals surface area (Å²) in [6.45, 7) is 1.86. The fourth-order valence-electron chi connectivity index (χ4n) is 4.43. The van der Waals surface area contributed by atoms with Gasteiger partial charge in [0.15, 0.2) is 6.29 Å². The second-order valence-corrected chi connectivity index (χ2v) is 9.19. The Labute approximate surface area is 193 Å². The van der Waals surface area contributed by atoms with Gasteiger partial charge in [-0.15, -0.1) is 0 Å². The van der Waals surface area contributed by atoms with Crippen molar-refractivity contribution in [2.45, 2.75) is 19.4 Å². The molecule has 0 spiro atoms. The van der Waals surface area contributed by atoms with E-state index in [-0.39, 0.29) is 0 Å². The molecule has 0 fully saturated rings. The Kier molecular flexibility index (Phi) is 5.70. The van der Waals surface area contributed by atoms with E-state index in [1.165, 1.54) is 0 Å². The molecule has 2 atom stereocenters. The van der Waals surface area contributed by atoms with Gasteiger partial charge in [0.1, 0.15) is 0 Å². The molecule has 3 aromatic carbocycles. The van der Waals surface area contributed by atoms with Gasteiger partial charge in [-0.05, 0) is 65.9 Å². The Bertz CT molecular complexity index is 1190. The quantitative estimate of drug-likeness (QED) is 0.534. The second-order valence-electron chi connectivity index (χ2n) is 8.75. The first-order valence-corrected chi connectivity index (χ1v) is 10.8. The summed E-state index contributed by atoms with van der Waals surface area (Å²) in [7, 11) is 4.02. The number of fused-ring (bicyclic) bond motifs is 1. The van der Waals surface area contributed by atoms with E-state index in [1.807, 2.05) is 39.2 Å². The van der Waals surface area contributed by atoms with Crippen LogP contribution in [0.4, 0.5) is 11.4 Å². The standard InChI is InChI=1S/C26H26ClN3O2/c1-26(25(28)32)14-19-12-21(27)13-20(15-31)23(19)29-24(26)18-6-4-5-17(11-18)16-7-9-22(10-8-16)30(2)3/h4-13,15,24,29H,14H2,1-3H3,(H2,28,32). The number of nitrogens with two attached hydrogens (primary N) is 1. The number of carbonyl (C=O) groups is 2. The van der Waals surface area contributed by atoms with E-state index < -0.39 is 17.4 Å². The zero-order valence-corrected chi connectivity index (χ0v) is 19.1. The number of primary amides is 1. The van der Waals surface area contributed by atoms with Crippen molar-refractivity contribution in [1.82, 2.24) is 0 Å². The smallest absolute Gasteiger partial charge is 0.226 e. The Morgan fingerprint density at radius 1 is 1.12 bits per heavy atom. The van der Waals surface area contributed by atoms with Crippen LogP contribution < -0.4 is 16.0 Å². The van der Waals surface area contributed by atoms with Gasteiger partial charge in [0.25, 0.3) is 0 Å². The predicted octanol–water partition coefficient (Wildman–Crippen LogP) is 5.09. The lowest BCUT2D eigenvalue weighted by Crippen LogP contribution is -2.47. The molecule has 164 valence electrons. The number of amides is 1. The molecule has 3 aromatic rings. The number of benzene rings is 3. The molecule has 1 aliphatic heterocycles. The first-order valence-electron chi connectivity index (χ1n) is 10.4. The van der Waals surface area contributed by atoms with Gasteiger partial charge in [0.05, 0.1) is 11.5 Å². The van der Waals surface area contributed by atoms with E-state index in [0.29, 0.717) is 22.7 Å². The Morgan fingerprint density at radius 2 is 1.84 bits per heavy atom. The highest BCUT2D eigenvalue weighted by Crippen LogP contribution is 2.47. The number of rotatable bonds is 5. The average Bonchev–Trinajstić information content (AvgIpc) is 2.78. The number of aldehydes is 1. The molecule has 1 amide bonds. The number of hydrogen-bond donors (Lipinski definition) is 2. The molecule has 0 radical (unpaired) electrons. The zero-order valence-electron chi connectivity index (χ0n) is 18.4. The van der Waals surface area contributed by atoms with Crippen molar-refractivity contribution < 1.29 is 9.59 Å². The summed E-state index contributed by atoms with van der Waals surface area (Å²) in [5.41, 5.74) is 11.2. The summed E-state index contributed by atoms with van der Waals surface area (Å²) < 4.78 is 0. The fourth-order valence-corrected chi connectivity index (χ4v) is 4.68. The van der Waals surface area contributed by atoms with Crippen molar-refractivity contribution in [3.8, 4) is 11.1 Å². The number of nitrogens with zero attached hydrogens (tertiary/aromatic N) is 1. The van der Waals surface area contributed by atoms with Crippen LogP contribution in [0, 0.1) is 5.41 Å².